The third kappa shape index (κ3) is 6.46. The van der Waals surface area contributed by atoms with Crippen LogP contribution in [0.5, 0.6) is 0 Å². The van der Waals surface area contributed by atoms with E-state index in [0.717, 1.165) is 16.5 Å². The van der Waals surface area contributed by atoms with E-state index in [2.05, 4.69) is 33.6 Å². The Morgan fingerprint density at radius 2 is 1.68 bits per heavy atom. The maximum atomic E-state index is 12.5. The first kappa shape index (κ1) is 24.2. The van der Waals surface area contributed by atoms with E-state index < -0.39 is 47.9 Å². The van der Waals surface area contributed by atoms with E-state index in [-0.39, 0.29) is 12.2 Å². The minimum Gasteiger partial charge on any atom is -0.480 e. The first-order chi connectivity index (χ1) is 14.6. The van der Waals surface area contributed by atoms with Crippen LogP contribution in [-0.2, 0) is 25.6 Å². The van der Waals surface area contributed by atoms with Crippen molar-refractivity contribution in [1.29, 1.82) is 0 Å². The second-order valence-corrected chi connectivity index (χ2v) is 7.58. The average molecular weight is 450 g/mol. The molecule has 0 spiro atoms. The van der Waals surface area contributed by atoms with Gasteiger partial charge in [0.25, 0.3) is 0 Å². The van der Waals surface area contributed by atoms with Gasteiger partial charge in [-0.05, 0) is 31.9 Å². The molecule has 10 nitrogen and oxygen atoms in total. The molecule has 2 rings (SSSR count). The Morgan fingerprint density at radius 1 is 1.03 bits per heavy atom. The monoisotopic (exact) mass is 449 g/mol. The van der Waals surface area contributed by atoms with Crippen molar-refractivity contribution in [3.05, 3.63) is 36.0 Å². The molecule has 4 unspecified atom stereocenters. The molecule has 1 heterocycles. The SMILES string of the molecule is CC(NC(=O)C(C)NC(=O)C(CS)NC(=O)C(N)Cc1c[nH]c2ccccc12)C(=O)O. The van der Waals surface area contributed by atoms with Crippen molar-refractivity contribution in [2.24, 2.45) is 5.73 Å². The fourth-order valence-corrected chi connectivity index (χ4v) is 3.14. The fraction of sp³-hybridized carbons (Fsp3) is 0.400. The number of amides is 3. The Morgan fingerprint density at radius 3 is 2.32 bits per heavy atom. The van der Waals surface area contributed by atoms with Crippen LogP contribution in [0.2, 0.25) is 0 Å². The molecule has 2 aromatic rings. The summed E-state index contributed by atoms with van der Waals surface area (Å²) in [4.78, 5) is 50.9. The van der Waals surface area contributed by atoms with Gasteiger partial charge in [0.1, 0.15) is 18.1 Å². The van der Waals surface area contributed by atoms with Crippen molar-refractivity contribution in [2.45, 2.75) is 44.4 Å². The van der Waals surface area contributed by atoms with Crippen LogP contribution in [0.4, 0.5) is 0 Å². The number of aromatic amines is 1. The van der Waals surface area contributed by atoms with Gasteiger partial charge in [0.05, 0.1) is 6.04 Å². The summed E-state index contributed by atoms with van der Waals surface area (Å²) in [6, 6.07) is 3.61. The molecule has 0 aliphatic carbocycles. The van der Waals surface area contributed by atoms with E-state index in [4.69, 9.17) is 10.8 Å². The summed E-state index contributed by atoms with van der Waals surface area (Å²) >= 11 is 4.09. The zero-order chi connectivity index (χ0) is 23.1. The number of nitrogens with one attached hydrogen (secondary N) is 4. The van der Waals surface area contributed by atoms with Gasteiger partial charge in [-0.2, -0.15) is 12.6 Å². The zero-order valence-corrected chi connectivity index (χ0v) is 18.1. The summed E-state index contributed by atoms with van der Waals surface area (Å²) < 4.78 is 0. The van der Waals surface area contributed by atoms with Crippen LogP contribution in [0, 0.1) is 0 Å². The number of rotatable bonds is 10. The van der Waals surface area contributed by atoms with Crippen LogP contribution in [0.1, 0.15) is 19.4 Å². The predicted molar refractivity (Wildman–Crippen MR) is 119 cm³/mol. The Hall–Kier alpha value is -3.05. The van der Waals surface area contributed by atoms with Gasteiger partial charge < -0.3 is 31.8 Å². The summed E-state index contributed by atoms with van der Waals surface area (Å²) in [5.41, 5.74) is 7.84. The topological polar surface area (TPSA) is 166 Å². The highest BCUT2D eigenvalue weighted by atomic mass is 32.1. The maximum absolute atomic E-state index is 12.5. The lowest BCUT2D eigenvalue weighted by molar-refractivity contribution is -0.141. The zero-order valence-electron chi connectivity index (χ0n) is 17.2. The van der Waals surface area contributed by atoms with Crippen molar-refractivity contribution in [3.63, 3.8) is 0 Å². The quantitative estimate of drug-likeness (QED) is 0.243. The molecule has 4 atom stereocenters. The van der Waals surface area contributed by atoms with E-state index in [1.54, 1.807) is 6.20 Å². The summed E-state index contributed by atoms with van der Waals surface area (Å²) in [7, 11) is 0. The molecule has 0 radical (unpaired) electrons. The van der Waals surface area contributed by atoms with Crippen LogP contribution < -0.4 is 21.7 Å². The lowest BCUT2D eigenvalue weighted by atomic mass is 10.0. The molecule has 0 bridgehead atoms. The van der Waals surface area contributed by atoms with Gasteiger partial charge in [-0.25, -0.2) is 0 Å². The molecule has 1 aromatic heterocycles. The van der Waals surface area contributed by atoms with Crippen molar-refractivity contribution in [1.82, 2.24) is 20.9 Å². The first-order valence-corrected chi connectivity index (χ1v) is 10.3. The fourth-order valence-electron chi connectivity index (χ4n) is 2.88. The van der Waals surface area contributed by atoms with Crippen LogP contribution in [0.3, 0.4) is 0 Å². The molecule has 31 heavy (non-hydrogen) atoms. The average Bonchev–Trinajstić information content (AvgIpc) is 3.14. The molecule has 0 saturated carbocycles. The number of thiol groups is 1. The summed E-state index contributed by atoms with van der Waals surface area (Å²) in [6.45, 7) is 2.71. The maximum Gasteiger partial charge on any atom is 0.325 e. The molecule has 0 aliphatic heterocycles. The highest BCUT2D eigenvalue weighted by molar-refractivity contribution is 7.80. The number of nitrogens with two attached hydrogens (primary N) is 1. The Labute approximate surface area is 184 Å². The molecule has 0 saturated heterocycles. The number of carbonyl (C=O) groups is 4. The molecule has 7 N–H and O–H groups in total. The summed E-state index contributed by atoms with van der Waals surface area (Å²) in [6.07, 6.45) is 2.06. The first-order valence-electron chi connectivity index (χ1n) is 9.69. The van der Waals surface area contributed by atoms with Crippen molar-refractivity contribution < 1.29 is 24.3 Å². The molecule has 11 heteroatoms. The lowest BCUT2D eigenvalue weighted by Crippen LogP contribution is -2.56. The number of fused-ring (bicyclic) bond motifs is 1. The van der Waals surface area contributed by atoms with Gasteiger partial charge in [0.15, 0.2) is 0 Å². The van der Waals surface area contributed by atoms with Crippen molar-refractivity contribution in [2.75, 3.05) is 5.75 Å². The highest BCUT2D eigenvalue weighted by Crippen LogP contribution is 2.18. The second-order valence-electron chi connectivity index (χ2n) is 7.21. The normalized spacial score (nSPS) is 14.8. The smallest absolute Gasteiger partial charge is 0.325 e. The molecular weight excluding hydrogens is 422 g/mol. The number of hydrogen-bond donors (Lipinski definition) is 7. The highest BCUT2D eigenvalue weighted by Gasteiger charge is 2.27. The van der Waals surface area contributed by atoms with Crippen molar-refractivity contribution in [3.8, 4) is 0 Å². The lowest BCUT2D eigenvalue weighted by Gasteiger charge is -2.22. The number of aromatic nitrogens is 1. The van der Waals surface area contributed by atoms with E-state index >= 15 is 0 Å². The van der Waals surface area contributed by atoms with E-state index in [9.17, 15) is 19.2 Å². The Kier molecular flexibility index (Phi) is 8.46. The van der Waals surface area contributed by atoms with Crippen LogP contribution >= 0.6 is 12.6 Å². The van der Waals surface area contributed by atoms with E-state index in [1.165, 1.54) is 13.8 Å². The van der Waals surface area contributed by atoms with E-state index in [0.29, 0.717) is 0 Å². The van der Waals surface area contributed by atoms with Crippen molar-refractivity contribution >= 4 is 47.2 Å². The van der Waals surface area contributed by atoms with Gasteiger partial charge in [0.2, 0.25) is 17.7 Å². The molecular formula is C20H27N5O5S. The van der Waals surface area contributed by atoms with Crippen LogP contribution in [-0.4, -0.2) is 63.7 Å². The minimum absolute atomic E-state index is 0.0166. The van der Waals surface area contributed by atoms with Gasteiger partial charge in [-0.3, -0.25) is 19.2 Å². The van der Waals surface area contributed by atoms with Crippen LogP contribution in [0.25, 0.3) is 10.9 Å². The van der Waals surface area contributed by atoms with Gasteiger partial charge in [-0.1, -0.05) is 18.2 Å². The van der Waals surface area contributed by atoms with Gasteiger partial charge in [0, 0.05) is 22.9 Å². The van der Waals surface area contributed by atoms with Gasteiger partial charge >= 0.3 is 5.97 Å². The number of aliphatic carboxylic acids is 1. The molecule has 168 valence electrons. The molecule has 0 aliphatic rings. The number of para-hydroxylation sites is 1. The number of carboxylic acid groups (broad SMARTS) is 1. The minimum atomic E-state index is -1.20. The standard InChI is InChI=1S/C20H27N5O5S/c1-10(17(26)24-11(2)20(29)30)23-19(28)16(9-31)25-18(27)14(21)7-12-8-22-15-6-4-3-5-13(12)15/h3-6,8,10-11,14,16,22,31H,7,9,21H2,1-2H3,(H,23,28)(H,24,26)(H,25,27)(H,29,30). The number of carboxylic acids is 1. The summed E-state index contributed by atoms with van der Waals surface area (Å²) in [5, 5.41) is 17.0. The second kappa shape index (κ2) is 10.8. The number of benzene rings is 1. The predicted octanol–water partition coefficient (Wildman–Crippen LogP) is -0.454. The largest absolute Gasteiger partial charge is 0.480 e. The van der Waals surface area contributed by atoms with Crippen LogP contribution in [0.15, 0.2) is 30.5 Å². The third-order valence-corrected chi connectivity index (χ3v) is 5.11. The Bertz CT molecular complexity index is 962. The number of H-pyrrole nitrogens is 1. The van der Waals surface area contributed by atoms with E-state index in [1.807, 2.05) is 24.3 Å². The number of hydrogen-bond acceptors (Lipinski definition) is 6. The number of carbonyl (C=O) groups excluding carboxylic acids is 3. The molecule has 0 fully saturated rings. The third-order valence-electron chi connectivity index (χ3n) is 4.75. The van der Waals surface area contributed by atoms with Gasteiger partial charge in [-0.15, -0.1) is 0 Å². The molecule has 1 aromatic carbocycles. The Balaban J connectivity index is 1.92. The molecule has 3 amide bonds. The summed E-state index contributed by atoms with van der Waals surface area (Å²) in [5.74, 6) is -3.04.